The highest BCUT2D eigenvalue weighted by Gasteiger charge is 2.05. The van der Waals surface area contributed by atoms with Crippen LogP contribution in [-0.2, 0) is 6.42 Å². The molecule has 0 saturated carbocycles. The summed E-state index contributed by atoms with van der Waals surface area (Å²) in [6, 6.07) is 3.42. The van der Waals surface area contributed by atoms with Gasteiger partial charge in [0.25, 0.3) is 0 Å². The zero-order valence-corrected chi connectivity index (χ0v) is 9.78. The summed E-state index contributed by atoms with van der Waals surface area (Å²) in [6.07, 6.45) is 2.30. The number of rotatable bonds is 5. The fourth-order valence-electron chi connectivity index (χ4n) is 1.32. The van der Waals surface area contributed by atoms with Crippen molar-refractivity contribution < 1.29 is 9.90 Å². The quantitative estimate of drug-likeness (QED) is 0.846. The van der Waals surface area contributed by atoms with Crippen LogP contribution in [0.15, 0.2) is 29.1 Å². The van der Waals surface area contributed by atoms with Gasteiger partial charge in [-0.15, -0.1) is 0 Å². The Morgan fingerprint density at radius 3 is 3.06 bits per heavy atom. The van der Waals surface area contributed by atoms with Crippen LogP contribution in [0.1, 0.15) is 16.1 Å². The number of anilines is 1. The van der Waals surface area contributed by atoms with Gasteiger partial charge in [0.05, 0.1) is 0 Å². The molecule has 0 spiro atoms. The number of carboxylic acids is 1. The molecule has 0 bridgehead atoms. The van der Waals surface area contributed by atoms with Crippen molar-refractivity contribution in [1.29, 1.82) is 0 Å². The zero-order chi connectivity index (χ0) is 12.1. The lowest BCUT2D eigenvalue weighted by Gasteiger charge is -2.03. The number of nitrogens with zero attached hydrogens (tertiary/aromatic N) is 2. The molecule has 2 N–H and O–H groups in total. The molecular formula is C11H11N3O2S. The maximum atomic E-state index is 10.7. The third-order valence-corrected chi connectivity index (χ3v) is 2.88. The van der Waals surface area contributed by atoms with Crippen LogP contribution in [-0.4, -0.2) is 27.6 Å². The monoisotopic (exact) mass is 249 g/mol. The summed E-state index contributed by atoms with van der Waals surface area (Å²) in [5.41, 5.74) is 1.25. The van der Waals surface area contributed by atoms with Crippen LogP contribution < -0.4 is 5.32 Å². The lowest BCUT2D eigenvalue weighted by Crippen LogP contribution is -2.10. The highest BCUT2D eigenvalue weighted by atomic mass is 32.1. The maximum Gasteiger partial charge on any atom is 0.354 e. The average molecular weight is 249 g/mol. The van der Waals surface area contributed by atoms with Crippen molar-refractivity contribution in [3.05, 3.63) is 40.3 Å². The van der Waals surface area contributed by atoms with E-state index in [-0.39, 0.29) is 5.69 Å². The second-order valence-electron chi connectivity index (χ2n) is 3.38. The van der Waals surface area contributed by atoms with Crippen molar-refractivity contribution >= 4 is 23.3 Å². The van der Waals surface area contributed by atoms with Crippen LogP contribution in [0, 0.1) is 0 Å². The van der Waals surface area contributed by atoms with Crippen molar-refractivity contribution in [2.45, 2.75) is 6.42 Å². The van der Waals surface area contributed by atoms with Gasteiger partial charge in [-0.3, -0.25) is 0 Å². The molecule has 5 nitrogen and oxygen atoms in total. The topological polar surface area (TPSA) is 75.1 Å². The van der Waals surface area contributed by atoms with E-state index in [0.717, 1.165) is 6.42 Å². The summed E-state index contributed by atoms with van der Waals surface area (Å²) in [7, 11) is 0. The molecule has 0 unspecified atom stereocenters. The molecule has 0 fully saturated rings. The van der Waals surface area contributed by atoms with Crippen LogP contribution >= 0.6 is 11.3 Å². The van der Waals surface area contributed by atoms with Gasteiger partial charge in [-0.25, -0.2) is 14.8 Å². The van der Waals surface area contributed by atoms with E-state index in [1.807, 2.05) is 5.38 Å². The minimum Gasteiger partial charge on any atom is -0.477 e. The Hall–Kier alpha value is -1.95. The van der Waals surface area contributed by atoms with Crippen LogP contribution in [0.3, 0.4) is 0 Å². The van der Waals surface area contributed by atoms with Crippen molar-refractivity contribution in [3.63, 3.8) is 0 Å². The second kappa shape index (κ2) is 5.40. The summed E-state index contributed by atoms with van der Waals surface area (Å²) < 4.78 is 0. The van der Waals surface area contributed by atoms with E-state index in [4.69, 9.17) is 5.11 Å². The van der Waals surface area contributed by atoms with E-state index in [1.54, 1.807) is 11.3 Å². The third kappa shape index (κ3) is 3.25. The Labute approximate surface area is 102 Å². The number of aromatic carboxylic acids is 1. The Balaban J connectivity index is 1.90. The molecule has 88 valence electrons. The van der Waals surface area contributed by atoms with Gasteiger partial charge in [0.15, 0.2) is 5.69 Å². The van der Waals surface area contributed by atoms with Gasteiger partial charge in [-0.1, -0.05) is 0 Å². The summed E-state index contributed by atoms with van der Waals surface area (Å²) in [5.74, 6) is -0.701. The van der Waals surface area contributed by atoms with Gasteiger partial charge in [-0.05, 0) is 34.9 Å². The molecule has 0 aromatic carbocycles. The van der Waals surface area contributed by atoms with Crippen LogP contribution in [0.25, 0.3) is 0 Å². The molecule has 0 aliphatic heterocycles. The predicted octanol–water partition coefficient (Wildman–Crippen LogP) is 1.89. The van der Waals surface area contributed by atoms with E-state index < -0.39 is 5.97 Å². The number of hydrogen-bond donors (Lipinski definition) is 2. The van der Waals surface area contributed by atoms with Gasteiger partial charge in [0, 0.05) is 12.7 Å². The van der Waals surface area contributed by atoms with Crippen LogP contribution in [0.5, 0.6) is 0 Å². The Morgan fingerprint density at radius 2 is 2.35 bits per heavy atom. The first-order valence-corrected chi connectivity index (χ1v) is 6.01. The van der Waals surface area contributed by atoms with Gasteiger partial charge in [0.2, 0.25) is 5.95 Å². The summed E-state index contributed by atoms with van der Waals surface area (Å²) >= 11 is 1.66. The number of nitrogens with one attached hydrogen (secondary N) is 1. The van der Waals surface area contributed by atoms with E-state index in [2.05, 4.69) is 26.7 Å². The van der Waals surface area contributed by atoms with Crippen molar-refractivity contribution in [2.75, 3.05) is 11.9 Å². The Kier molecular flexibility index (Phi) is 3.66. The number of carboxylic acid groups (broad SMARTS) is 1. The molecule has 0 radical (unpaired) electrons. The van der Waals surface area contributed by atoms with E-state index in [1.165, 1.54) is 17.8 Å². The maximum absolute atomic E-state index is 10.7. The molecular weight excluding hydrogens is 238 g/mol. The first kappa shape index (κ1) is 11.5. The first-order chi connectivity index (χ1) is 8.25. The number of aromatic nitrogens is 2. The van der Waals surface area contributed by atoms with E-state index >= 15 is 0 Å². The Bertz CT molecular complexity index is 499. The normalized spacial score (nSPS) is 10.1. The van der Waals surface area contributed by atoms with Gasteiger partial charge in [-0.2, -0.15) is 11.3 Å². The molecule has 6 heteroatoms. The molecule has 2 aromatic heterocycles. The highest BCUT2D eigenvalue weighted by Crippen LogP contribution is 2.07. The van der Waals surface area contributed by atoms with Crippen molar-refractivity contribution in [1.82, 2.24) is 9.97 Å². The van der Waals surface area contributed by atoms with Gasteiger partial charge >= 0.3 is 5.97 Å². The molecule has 0 aliphatic rings. The fourth-order valence-corrected chi connectivity index (χ4v) is 2.02. The minimum absolute atomic E-state index is 0.00182. The summed E-state index contributed by atoms with van der Waals surface area (Å²) in [5, 5.41) is 15.9. The van der Waals surface area contributed by atoms with Crippen LogP contribution in [0.2, 0.25) is 0 Å². The number of hydrogen-bond acceptors (Lipinski definition) is 5. The molecule has 17 heavy (non-hydrogen) atoms. The molecule has 0 amide bonds. The third-order valence-electron chi connectivity index (χ3n) is 2.15. The zero-order valence-electron chi connectivity index (χ0n) is 8.96. The van der Waals surface area contributed by atoms with Crippen LogP contribution in [0.4, 0.5) is 5.95 Å². The summed E-state index contributed by atoms with van der Waals surface area (Å²) in [4.78, 5) is 18.5. The molecule has 2 rings (SSSR count). The predicted molar refractivity (Wildman–Crippen MR) is 65.5 cm³/mol. The van der Waals surface area contributed by atoms with Crippen molar-refractivity contribution in [2.24, 2.45) is 0 Å². The lowest BCUT2D eigenvalue weighted by atomic mass is 10.2. The molecule has 0 atom stereocenters. The largest absolute Gasteiger partial charge is 0.477 e. The standard InChI is InChI=1S/C11H11N3O2S/c15-10(16)9-2-5-13-11(14-9)12-4-1-8-3-6-17-7-8/h2-3,5-7H,1,4H2,(H,15,16)(H,12,13,14). The molecule has 2 aromatic rings. The lowest BCUT2D eigenvalue weighted by molar-refractivity contribution is 0.0690. The molecule has 2 heterocycles. The van der Waals surface area contributed by atoms with E-state index in [0.29, 0.717) is 12.5 Å². The van der Waals surface area contributed by atoms with Gasteiger partial charge < -0.3 is 10.4 Å². The highest BCUT2D eigenvalue weighted by molar-refractivity contribution is 7.07. The molecule has 0 saturated heterocycles. The minimum atomic E-state index is -1.05. The van der Waals surface area contributed by atoms with Crippen molar-refractivity contribution in [3.8, 4) is 0 Å². The van der Waals surface area contributed by atoms with Gasteiger partial charge in [0.1, 0.15) is 0 Å². The average Bonchev–Trinajstić information content (AvgIpc) is 2.82. The number of carbonyl (C=O) groups is 1. The van der Waals surface area contributed by atoms with E-state index in [9.17, 15) is 4.79 Å². The smallest absolute Gasteiger partial charge is 0.354 e. The second-order valence-corrected chi connectivity index (χ2v) is 4.16. The SMILES string of the molecule is O=C(O)c1ccnc(NCCc2ccsc2)n1. The summed E-state index contributed by atoms with van der Waals surface area (Å²) in [6.45, 7) is 0.680. The first-order valence-electron chi connectivity index (χ1n) is 5.07. The Morgan fingerprint density at radius 1 is 1.47 bits per heavy atom. The fraction of sp³-hybridized carbons (Fsp3) is 0.182. The number of thiophene rings is 1. The molecule has 0 aliphatic carbocycles.